The maximum atomic E-state index is 13.4. The van der Waals surface area contributed by atoms with Gasteiger partial charge in [-0.05, 0) is 29.3 Å². The molecule has 0 spiro atoms. The molecule has 0 bridgehead atoms. The molecule has 1 saturated heterocycles. The van der Waals surface area contributed by atoms with Gasteiger partial charge in [-0.1, -0.05) is 24.3 Å². The fourth-order valence-electron chi connectivity index (χ4n) is 4.15. The van der Waals surface area contributed by atoms with E-state index in [0.717, 1.165) is 6.07 Å². The molecule has 4 N–H and O–H groups in total. The Balaban J connectivity index is 1.60. The lowest BCUT2D eigenvalue weighted by Gasteiger charge is -2.40. The first kappa shape index (κ1) is 22.8. The van der Waals surface area contributed by atoms with Crippen molar-refractivity contribution in [2.24, 2.45) is 0 Å². The average Bonchev–Trinajstić information content (AvgIpc) is 2.77. The van der Waals surface area contributed by atoms with Gasteiger partial charge in [0, 0.05) is 6.54 Å². The van der Waals surface area contributed by atoms with Crippen LogP contribution in [0.2, 0.25) is 0 Å². The number of anilines is 1. The third-order valence-corrected chi connectivity index (χ3v) is 5.85. The summed E-state index contributed by atoms with van der Waals surface area (Å²) in [4.78, 5) is 1.78. The molecule has 2 heterocycles. The summed E-state index contributed by atoms with van der Waals surface area (Å²) in [5.74, 6) is 0.398. The monoisotopic (exact) mass is 455 g/mol. The minimum absolute atomic E-state index is 0.0332. The molecule has 2 aliphatic heterocycles. The zero-order valence-corrected chi connectivity index (χ0v) is 16.9. The van der Waals surface area contributed by atoms with Gasteiger partial charge >= 0.3 is 6.18 Å². The number of alkyl halides is 3. The predicted molar refractivity (Wildman–Crippen MR) is 107 cm³/mol. The van der Waals surface area contributed by atoms with Crippen LogP contribution >= 0.6 is 0 Å². The molecule has 0 saturated carbocycles. The fourth-order valence-corrected chi connectivity index (χ4v) is 4.15. The van der Waals surface area contributed by atoms with Gasteiger partial charge in [-0.2, -0.15) is 13.2 Å². The average molecular weight is 455 g/mol. The minimum atomic E-state index is -4.46. The van der Waals surface area contributed by atoms with Gasteiger partial charge in [0.25, 0.3) is 0 Å². The maximum absolute atomic E-state index is 13.4. The molecule has 32 heavy (non-hydrogen) atoms. The molecule has 10 heteroatoms. The summed E-state index contributed by atoms with van der Waals surface area (Å²) in [6, 6.07) is 10.3. The molecule has 0 radical (unpaired) electrons. The molecule has 5 atom stereocenters. The topological polar surface area (TPSA) is 103 Å². The van der Waals surface area contributed by atoms with Crippen LogP contribution in [0.5, 0.6) is 5.75 Å². The Bertz CT molecular complexity index is 954. The van der Waals surface area contributed by atoms with Crippen molar-refractivity contribution in [2.75, 3.05) is 24.7 Å². The van der Waals surface area contributed by atoms with E-state index < -0.39 is 48.9 Å². The molecular weight excluding hydrogens is 431 g/mol. The van der Waals surface area contributed by atoms with Gasteiger partial charge in [-0.15, -0.1) is 0 Å². The van der Waals surface area contributed by atoms with Crippen LogP contribution < -0.4 is 9.64 Å². The highest BCUT2D eigenvalue weighted by Crippen LogP contribution is 2.40. The number of fused-ring (bicyclic) bond motifs is 1. The van der Waals surface area contributed by atoms with Gasteiger partial charge in [0.05, 0.1) is 24.4 Å². The Kier molecular flexibility index (Phi) is 6.33. The molecule has 2 aromatic carbocycles. The number of aliphatic hydroxyl groups excluding tert-OH is 4. The van der Waals surface area contributed by atoms with E-state index in [9.17, 15) is 33.6 Å². The number of ether oxygens (including phenoxy) is 2. The van der Waals surface area contributed by atoms with Crippen molar-refractivity contribution < 1.29 is 43.1 Å². The lowest BCUT2D eigenvalue weighted by Crippen LogP contribution is -2.55. The number of benzene rings is 2. The second-order valence-electron chi connectivity index (χ2n) is 7.90. The highest BCUT2D eigenvalue weighted by molar-refractivity contribution is 5.62. The first-order valence-electron chi connectivity index (χ1n) is 10.2. The van der Waals surface area contributed by atoms with E-state index in [1.165, 1.54) is 12.1 Å². The quantitative estimate of drug-likeness (QED) is 0.556. The maximum Gasteiger partial charge on any atom is 0.416 e. The van der Waals surface area contributed by atoms with Crippen LogP contribution in [0, 0.1) is 0 Å². The predicted octanol–water partition coefficient (Wildman–Crippen LogP) is 1.62. The number of aliphatic hydroxyl groups is 4. The van der Waals surface area contributed by atoms with E-state index in [2.05, 4.69) is 0 Å². The van der Waals surface area contributed by atoms with E-state index in [-0.39, 0.29) is 18.7 Å². The van der Waals surface area contributed by atoms with Crippen molar-refractivity contribution in [3.05, 3.63) is 59.2 Å². The third kappa shape index (κ3) is 4.28. The van der Waals surface area contributed by atoms with Crippen LogP contribution in [0.15, 0.2) is 42.5 Å². The normalized spacial score (nSPS) is 28.2. The summed E-state index contributed by atoms with van der Waals surface area (Å²) in [6.45, 7) is 0.124. The molecule has 2 aromatic rings. The second-order valence-corrected chi connectivity index (χ2v) is 7.90. The zero-order chi connectivity index (χ0) is 23.0. The molecule has 1 fully saturated rings. The van der Waals surface area contributed by atoms with E-state index in [0.29, 0.717) is 23.5 Å². The van der Waals surface area contributed by atoms with Crippen LogP contribution in [0.3, 0.4) is 0 Å². The Hall–Kier alpha value is -2.37. The largest absolute Gasteiger partial charge is 0.490 e. The van der Waals surface area contributed by atoms with Crippen LogP contribution in [0.4, 0.5) is 18.9 Å². The Labute approximate surface area is 182 Å². The number of rotatable bonds is 4. The molecule has 174 valence electrons. The van der Waals surface area contributed by atoms with Gasteiger partial charge in [0.2, 0.25) is 0 Å². The van der Waals surface area contributed by atoms with Gasteiger partial charge < -0.3 is 34.8 Å². The Morgan fingerprint density at radius 1 is 1.00 bits per heavy atom. The van der Waals surface area contributed by atoms with Gasteiger partial charge in [0.1, 0.15) is 42.9 Å². The fraction of sp³-hybridized carbons (Fsp3) is 0.455. The van der Waals surface area contributed by atoms with Crippen molar-refractivity contribution >= 4 is 5.69 Å². The molecule has 0 aliphatic carbocycles. The number of hydrogen-bond donors (Lipinski definition) is 4. The standard InChI is InChI=1S/C22H24F3NO6/c23-22(24,25)14-4-2-1-3-13(14)10-26-7-8-31-16-9-12(5-6-15(16)26)21-20(30)19(29)18(28)17(11-27)32-21/h1-6,9,17-21,27-30H,7-8,10-11H2/t17-,18-,19+,20-,21+/m1/s1. The zero-order valence-electron chi connectivity index (χ0n) is 16.9. The van der Waals surface area contributed by atoms with Crippen LogP contribution in [0.25, 0.3) is 0 Å². The van der Waals surface area contributed by atoms with Crippen molar-refractivity contribution in [1.82, 2.24) is 0 Å². The first-order valence-corrected chi connectivity index (χ1v) is 10.2. The molecule has 0 aromatic heterocycles. The summed E-state index contributed by atoms with van der Waals surface area (Å²) < 4.78 is 51.4. The van der Waals surface area contributed by atoms with Gasteiger partial charge in [-0.25, -0.2) is 0 Å². The van der Waals surface area contributed by atoms with E-state index >= 15 is 0 Å². The molecule has 2 aliphatic rings. The smallest absolute Gasteiger partial charge is 0.416 e. The summed E-state index contributed by atoms with van der Waals surface area (Å²) in [6.07, 6.45) is -11.0. The first-order chi connectivity index (χ1) is 15.2. The van der Waals surface area contributed by atoms with Crippen LogP contribution in [0.1, 0.15) is 22.8 Å². The summed E-state index contributed by atoms with van der Waals surface area (Å²) in [5.41, 5.74) is 0.483. The molecular formula is C22H24F3NO6. The van der Waals surface area contributed by atoms with Crippen molar-refractivity contribution in [1.29, 1.82) is 0 Å². The van der Waals surface area contributed by atoms with Crippen LogP contribution in [-0.4, -0.2) is 64.6 Å². The van der Waals surface area contributed by atoms with Gasteiger partial charge in [-0.3, -0.25) is 0 Å². The lowest BCUT2D eigenvalue weighted by atomic mass is 9.91. The van der Waals surface area contributed by atoms with E-state index in [1.54, 1.807) is 29.2 Å². The minimum Gasteiger partial charge on any atom is -0.490 e. The summed E-state index contributed by atoms with van der Waals surface area (Å²) >= 11 is 0. The molecule has 0 unspecified atom stereocenters. The number of hydrogen-bond acceptors (Lipinski definition) is 7. The molecule has 4 rings (SSSR count). The van der Waals surface area contributed by atoms with Crippen molar-refractivity contribution in [2.45, 2.75) is 43.2 Å². The van der Waals surface area contributed by atoms with E-state index in [4.69, 9.17) is 9.47 Å². The summed E-state index contributed by atoms with van der Waals surface area (Å²) in [5, 5.41) is 39.8. The highest BCUT2D eigenvalue weighted by atomic mass is 19.4. The highest BCUT2D eigenvalue weighted by Gasteiger charge is 2.44. The van der Waals surface area contributed by atoms with E-state index in [1.807, 2.05) is 0 Å². The van der Waals surface area contributed by atoms with Crippen molar-refractivity contribution in [3.63, 3.8) is 0 Å². The molecule has 0 amide bonds. The number of halogens is 3. The lowest BCUT2D eigenvalue weighted by molar-refractivity contribution is -0.231. The summed E-state index contributed by atoms with van der Waals surface area (Å²) in [7, 11) is 0. The molecule has 7 nitrogen and oxygen atoms in total. The third-order valence-electron chi connectivity index (χ3n) is 5.85. The Morgan fingerprint density at radius 2 is 1.75 bits per heavy atom. The van der Waals surface area contributed by atoms with Gasteiger partial charge in [0.15, 0.2) is 0 Å². The van der Waals surface area contributed by atoms with Crippen molar-refractivity contribution in [3.8, 4) is 5.75 Å². The SMILES string of the molecule is OC[C@H]1O[C@@H](c2ccc3c(c2)OCCN3Cc2ccccc2C(F)(F)F)[C@H](O)[C@@H](O)[C@@H]1O. The van der Waals surface area contributed by atoms with Crippen LogP contribution in [-0.2, 0) is 17.5 Å². The number of nitrogens with zero attached hydrogens (tertiary/aromatic N) is 1. The second kappa shape index (κ2) is 8.87. The Morgan fingerprint density at radius 3 is 2.47 bits per heavy atom.